The van der Waals surface area contributed by atoms with Crippen molar-refractivity contribution in [3.05, 3.63) is 47.8 Å². The minimum absolute atomic E-state index is 0.176. The van der Waals surface area contributed by atoms with Crippen molar-refractivity contribution in [2.45, 2.75) is 12.7 Å². The van der Waals surface area contributed by atoms with E-state index in [9.17, 15) is 5.11 Å². The summed E-state index contributed by atoms with van der Waals surface area (Å²) in [5.41, 5.74) is 0. The van der Waals surface area contributed by atoms with Gasteiger partial charge in [0.1, 0.15) is 23.9 Å². The van der Waals surface area contributed by atoms with Crippen molar-refractivity contribution in [1.29, 1.82) is 0 Å². The minimum atomic E-state index is -0.912. The molecular weight excluding hydrogens is 184 g/mol. The first kappa shape index (κ1) is 9.05. The maximum atomic E-state index is 9.72. The van der Waals surface area contributed by atoms with E-state index in [-0.39, 0.29) is 6.61 Å². The molecule has 2 aromatic heterocycles. The number of aliphatic hydroxyl groups is 2. The molecule has 4 nitrogen and oxygen atoms in total. The maximum Gasteiger partial charge on any atom is 0.169 e. The second-order valence-corrected chi connectivity index (χ2v) is 2.88. The summed E-state index contributed by atoms with van der Waals surface area (Å²) in [6.45, 7) is -0.176. The zero-order chi connectivity index (χ0) is 9.97. The standard InChI is InChI=1S/C10H10O4/c11-6-7-3-4-9(14-7)10(12)8-2-1-5-13-8/h1-5,10-12H,6H2. The largest absolute Gasteiger partial charge is 0.466 e. The second kappa shape index (κ2) is 3.69. The van der Waals surface area contributed by atoms with Gasteiger partial charge in [-0.05, 0) is 24.3 Å². The van der Waals surface area contributed by atoms with Crippen molar-refractivity contribution >= 4 is 0 Å². The van der Waals surface area contributed by atoms with Crippen LogP contribution in [-0.2, 0) is 6.61 Å². The van der Waals surface area contributed by atoms with Gasteiger partial charge in [0.25, 0.3) is 0 Å². The summed E-state index contributed by atoms with van der Waals surface area (Å²) in [5.74, 6) is 1.21. The van der Waals surface area contributed by atoms with Gasteiger partial charge in [-0.2, -0.15) is 0 Å². The van der Waals surface area contributed by atoms with Gasteiger partial charge in [0.15, 0.2) is 6.10 Å². The highest BCUT2D eigenvalue weighted by molar-refractivity contribution is 5.17. The number of hydrogen-bond acceptors (Lipinski definition) is 4. The zero-order valence-corrected chi connectivity index (χ0v) is 7.38. The fraction of sp³-hybridized carbons (Fsp3) is 0.200. The molecule has 0 amide bonds. The maximum absolute atomic E-state index is 9.72. The number of furan rings is 2. The Labute approximate surface area is 80.4 Å². The van der Waals surface area contributed by atoms with Gasteiger partial charge in [-0.1, -0.05) is 0 Å². The molecule has 1 atom stereocenters. The molecule has 0 aliphatic carbocycles. The molecule has 2 rings (SSSR count). The summed E-state index contributed by atoms with van der Waals surface area (Å²) in [5, 5.41) is 18.5. The lowest BCUT2D eigenvalue weighted by molar-refractivity contribution is 0.154. The quantitative estimate of drug-likeness (QED) is 0.775. The van der Waals surface area contributed by atoms with Gasteiger partial charge < -0.3 is 19.0 Å². The molecular formula is C10H10O4. The summed E-state index contributed by atoms with van der Waals surface area (Å²) in [7, 11) is 0. The van der Waals surface area contributed by atoms with Crippen LogP contribution in [0.5, 0.6) is 0 Å². The minimum Gasteiger partial charge on any atom is -0.466 e. The highest BCUT2D eigenvalue weighted by Crippen LogP contribution is 2.23. The molecule has 2 heterocycles. The van der Waals surface area contributed by atoms with E-state index in [0.717, 1.165) is 0 Å². The smallest absolute Gasteiger partial charge is 0.169 e. The Morgan fingerprint density at radius 2 is 2.07 bits per heavy atom. The van der Waals surface area contributed by atoms with E-state index in [0.29, 0.717) is 17.3 Å². The first-order chi connectivity index (χ1) is 6.81. The van der Waals surface area contributed by atoms with Crippen LogP contribution in [0.3, 0.4) is 0 Å². The molecule has 0 saturated heterocycles. The third-order valence-electron chi connectivity index (χ3n) is 1.92. The Morgan fingerprint density at radius 3 is 2.64 bits per heavy atom. The van der Waals surface area contributed by atoms with Gasteiger partial charge in [-0.3, -0.25) is 0 Å². The summed E-state index contributed by atoms with van der Waals surface area (Å²) in [4.78, 5) is 0. The SMILES string of the molecule is OCc1ccc(C(O)c2ccco2)o1. The van der Waals surface area contributed by atoms with Crippen LogP contribution in [0.2, 0.25) is 0 Å². The molecule has 14 heavy (non-hydrogen) atoms. The molecule has 4 heteroatoms. The fourth-order valence-electron chi connectivity index (χ4n) is 1.21. The first-order valence-electron chi connectivity index (χ1n) is 4.22. The molecule has 1 unspecified atom stereocenters. The van der Waals surface area contributed by atoms with Gasteiger partial charge in [0.05, 0.1) is 6.26 Å². The van der Waals surface area contributed by atoms with Crippen LogP contribution in [0, 0.1) is 0 Å². The topological polar surface area (TPSA) is 66.7 Å². The molecule has 2 aromatic rings. The summed E-state index contributed by atoms with van der Waals surface area (Å²) >= 11 is 0. The van der Waals surface area contributed by atoms with Gasteiger partial charge in [0.2, 0.25) is 0 Å². The van der Waals surface area contributed by atoms with Crippen LogP contribution in [0.15, 0.2) is 39.4 Å². The lowest BCUT2D eigenvalue weighted by atomic mass is 10.2. The highest BCUT2D eigenvalue weighted by Gasteiger charge is 2.16. The Morgan fingerprint density at radius 1 is 1.21 bits per heavy atom. The summed E-state index contributed by atoms with van der Waals surface area (Å²) in [6.07, 6.45) is 0.569. The van der Waals surface area contributed by atoms with Gasteiger partial charge in [-0.25, -0.2) is 0 Å². The number of hydrogen-bond donors (Lipinski definition) is 2. The van der Waals surface area contributed by atoms with Crippen LogP contribution in [0.1, 0.15) is 23.4 Å². The molecule has 0 saturated carbocycles. The molecule has 0 fully saturated rings. The summed E-state index contributed by atoms with van der Waals surface area (Å²) < 4.78 is 10.2. The molecule has 0 aromatic carbocycles. The molecule has 0 aliphatic heterocycles. The Kier molecular flexibility index (Phi) is 2.39. The Bertz CT molecular complexity index is 388. The first-order valence-corrected chi connectivity index (χ1v) is 4.22. The Hall–Kier alpha value is -1.52. The van der Waals surface area contributed by atoms with Crippen molar-refractivity contribution < 1.29 is 19.0 Å². The average Bonchev–Trinajstić information content (AvgIpc) is 2.88. The van der Waals surface area contributed by atoms with Crippen molar-refractivity contribution in [3.63, 3.8) is 0 Å². The normalized spacial score (nSPS) is 13.0. The van der Waals surface area contributed by atoms with Crippen LogP contribution in [-0.4, -0.2) is 10.2 Å². The van der Waals surface area contributed by atoms with Crippen LogP contribution in [0.4, 0.5) is 0 Å². The lowest BCUT2D eigenvalue weighted by Gasteiger charge is -2.02. The predicted molar refractivity (Wildman–Crippen MR) is 47.4 cm³/mol. The average molecular weight is 194 g/mol. The van der Waals surface area contributed by atoms with Gasteiger partial charge >= 0.3 is 0 Å². The third kappa shape index (κ3) is 1.57. The third-order valence-corrected chi connectivity index (χ3v) is 1.92. The van der Waals surface area contributed by atoms with Crippen molar-refractivity contribution in [3.8, 4) is 0 Å². The monoisotopic (exact) mass is 194 g/mol. The summed E-state index contributed by atoms with van der Waals surface area (Å²) in [6, 6.07) is 6.57. The van der Waals surface area contributed by atoms with Crippen molar-refractivity contribution in [2.75, 3.05) is 0 Å². The van der Waals surface area contributed by atoms with E-state index in [1.165, 1.54) is 6.26 Å². The molecule has 0 radical (unpaired) electrons. The lowest BCUT2D eigenvalue weighted by Crippen LogP contribution is -1.95. The molecule has 0 aliphatic rings. The molecule has 0 spiro atoms. The highest BCUT2D eigenvalue weighted by atomic mass is 16.4. The zero-order valence-electron chi connectivity index (χ0n) is 7.38. The number of rotatable bonds is 3. The number of aliphatic hydroxyl groups excluding tert-OH is 2. The second-order valence-electron chi connectivity index (χ2n) is 2.88. The van der Waals surface area contributed by atoms with Gasteiger partial charge in [-0.15, -0.1) is 0 Å². The van der Waals surface area contributed by atoms with Crippen molar-refractivity contribution in [2.24, 2.45) is 0 Å². The molecule has 0 bridgehead atoms. The Balaban J connectivity index is 2.23. The fourth-order valence-corrected chi connectivity index (χ4v) is 1.21. The molecule has 2 N–H and O–H groups in total. The van der Waals surface area contributed by atoms with Crippen LogP contribution >= 0.6 is 0 Å². The van der Waals surface area contributed by atoms with Crippen LogP contribution in [0.25, 0.3) is 0 Å². The van der Waals surface area contributed by atoms with Crippen molar-refractivity contribution in [1.82, 2.24) is 0 Å². The predicted octanol–water partition coefficient (Wildman–Crippen LogP) is 1.45. The van der Waals surface area contributed by atoms with E-state index >= 15 is 0 Å². The van der Waals surface area contributed by atoms with E-state index in [1.807, 2.05) is 0 Å². The van der Waals surface area contributed by atoms with E-state index in [4.69, 9.17) is 13.9 Å². The molecule has 74 valence electrons. The van der Waals surface area contributed by atoms with Crippen LogP contribution < -0.4 is 0 Å². The van der Waals surface area contributed by atoms with Gasteiger partial charge in [0, 0.05) is 0 Å². The van der Waals surface area contributed by atoms with E-state index < -0.39 is 6.10 Å². The van der Waals surface area contributed by atoms with E-state index in [2.05, 4.69) is 0 Å². The van der Waals surface area contributed by atoms with E-state index in [1.54, 1.807) is 24.3 Å².